The van der Waals surface area contributed by atoms with Gasteiger partial charge in [0.25, 0.3) is 0 Å². The van der Waals surface area contributed by atoms with Gasteiger partial charge in [-0.05, 0) is 40.0 Å². The van der Waals surface area contributed by atoms with E-state index in [4.69, 9.17) is 9.47 Å². The lowest BCUT2D eigenvalue weighted by Gasteiger charge is -2.29. The maximum absolute atomic E-state index is 12.2. The molecule has 1 amide bonds. The zero-order chi connectivity index (χ0) is 16.6. The molecule has 1 atom stereocenters. The van der Waals surface area contributed by atoms with Gasteiger partial charge in [0.1, 0.15) is 5.60 Å². The standard InChI is InChI=1S/C18H35NO3/c1-6-8-9-10-11-14-21-18(7-2)12-13-19(15-18)16(20)22-17(3,4)5/h6-15H2,1-5H3. The number of likely N-dealkylation sites (tertiary alicyclic amines) is 1. The van der Waals surface area contributed by atoms with Crippen LogP contribution < -0.4 is 0 Å². The Morgan fingerprint density at radius 1 is 1.14 bits per heavy atom. The van der Waals surface area contributed by atoms with Gasteiger partial charge in [0.05, 0.1) is 12.1 Å². The Morgan fingerprint density at radius 2 is 1.82 bits per heavy atom. The molecule has 0 bridgehead atoms. The predicted molar refractivity (Wildman–Crippen MR) is 90.2 cm³/mol. The quantitative estimate of drug-likeness (QED) is 0.606. The van der Waals surface area contributed by atoms with Gasteiger partial charge in [0, 0.05) is 13.2 Å². The number of unbranched alkanes of at least 4 members (excludes halogenated alkanes) is 4. The SMILES string of the molecule is CCCCCCCOC1(CC)CCN(C(=O)OC(C)(C)C)C1. The van der Waals surface area contributed by atoms with Crippen molar-refractivity contribution in [2.45, 2.75) is 90.8 Å². The van der Waals surface area contributed by atoms with Crippen molar-refractivity contribution in [1.29, 1.82) is 0 Å². The van der Waals surface area contributed by atoms with Crippen LogP contribution in [-0.2, 0) is 9.47 Å². The van der Waals surface area contributed by atoms with E-state index in [2.05, 4.69) is 13.8 Å². The van der Waals surface area contributed by atoms with Crippen molar-refractivity contribution in [2.75, 3.05) is 19.7 Å². The Balaban J connectivity index is 2.37. The van der Waals surface area contributed by atoms with Crippen molar-refractivity contribution in [3.63, 3.8) is 0 Å². The molecule has 0 aromatic carbocycles. The van der Waals surface area contributed by atoms with Gasteiger partial charge < -0.3 is 14.4 Å². The molecule has 4 nitrogen and oxygen atoms in total. The van der Waals surface area contributed by atoms with Gasteiger partial charge in [-0.1, -0.05) is 39.5 Å². The van der Waals surface area contributed by atoms with E-state index in [0.717, 1.165) is 32.4 Å². The van der Waals surface area contributed by atoms with Crippen LogP contribution in [-0.4, -0.2) is 41.9 Å². The summed E-state index contributed by atoms with van der Waals surface area (Å²) in [6.07, 6.45) is 7.88. The Labute approximate surface area is 136 Å². The molecule has 0 aromatic heterocycles. The number of rotatable bonds is 8. The smallest absolute Gasteiger partial charge is 0.410 e. The van der Waals surface area contributed by atoms with Gasteiger partial charge in [-0.25, -0.2) is 4.79 Å². The molecule has 0 N–H and O–H groups in total. The number of carbonyl (C=O) groups is 1. The van der Waals surface area contributed by atoms with Gasteiger partial charge in [-0.15, -0.1) is 0 Å². The Bertz CT molecular complexity index is 338. The molecule has 1 heterocycles. The fraction of sp³-hybridized carbons (Fsp3) is 0.944. The highest BCUT2D eigenvalue weighted by molar-refractivity contribution is 5.68. The predicted octanol–water partition coefficient (Wildman–Crippen LogP) is 4.76. The lowest BCUT2D eigenvalue weighted by molar-refractivity contribution is -0.0438. The van der Waals surface area contributed by atoms with Crippen LogP contribution in [0.2, 0.25) is 0 Å². The third kappa shape index (κ3) is 6.55. The molecule has 0 spiro atoms. The maximum atomic E-state index is 12.2. The average Bonchev–Trinajstić information content (AvgIpc) is 2.86. The third-order valence-corrected chi connectivity index (χ3v) is 4.27. The second-order valence-corrected chi connectivity index (χ2v) is 7.45. The van der Waals surface area contributed by atoms with E-state index in [1.54, 1.807) is 4.90 Å². The largest absolute Gasteiger partial charge is 0.444 e. The zero-order valence-electron chi connectivity index (χ0n) is 15.2. The molecule has 1 aliphatic heterocycles. The number of amides is 1. The van der Waals surface area contributed by atoms with E-state index < -0.39 is 5.60 Å². The molecule has 1 fully saturated rings. The van der Waals surface area contributed by atoms with Crippen molar-refractivity contribution in [3.05, 3.63) is 0 Å². The molecule has 130 valence electrons. The molecule has 1 rings (SSSR count). The number of ether oxygens (including phenoxy) is 2. The van der Waals surface area contributed by atoms with Crippen LogP contribution in [0.4, 0.5) is 4.79 Å². The van der Waals surface area contributed by atoms with Crippen LogP contribution in [0.25, 0.3) is 0 Å². The fourth-order valence-corrected chi connectivity index (χ4v) is 2.83. The van der Waals surface area contributed by atoms with Gasteiger partial charge in [0.2, 0.25) is 0 Å². The van der Waals surface area contributed by atoms with Gasteiger partial charge in [-0.3, -0.25) is 0 Å². The normalized spacial score (nSPS) is 22.1. The summed E-state index contributed by atoms with van der Waals surface area (Å²) in [5.41, 5.74) is -0.601. The van der Waals surface area contributed by atoms with Gasteiger partial charge in [-0.2, -0.15) is 0 Å². The highest BCUT2D eigenvalue weighted by Gasteiger charge is 2.40. The summed E-state index contributed by atoms with van der Waals surface area (Å²) in [5.74, 6) is 0. The second kappa shape index (κ2) is 8.76. The molecular formula is C18H35NO3. The number of hydrogen-bond acceptors (Lipinski definition) is 3. The van der Waals surface area contributed by atoms with Crippen LogP contribution in [0.3, 0.4) is 0 Å². The monoisotopic (exact) mass is 313 g/mol. The van der Waals surface area contributed by atoms with Gasteiger partial charge >= 0.3 is 6.09 Å². The summed E-state index contributed by atoms with van der Waals surface area (Å²) >= 11 is 0. The molecule has 1 unspecified atom stereocenters. The van der Waals surface area contributed by atoms with Crippen LogP contribution >= 0.6 is 0 Å². The fourth-order valence-electron chi connectivity index (χ4n) is 2.83. The first kappa shape index (κ1) is 19.3. The summed E-state index contributed by atoms with van der Waals surface area (Å²) in [7, 11) is 0. The van der Waals surface area contributed by atoms with E-state index in [0.29, 0.717) is 6.54 Å². The first-order chi connectivity index (χ1) is 10.3. The highest BCUT2D eigenvalue weighted by Crippen LogP contribution is 2.30. The van der Waals surface area contributed by atoms with Crippen molar-refractivity contribution in [3.8, 4) is 0 Å². The second-order valence-electron chi connectivity index (χ2n) is 7.45. The molecule has 4 heteroatoms. The Morgan fingerprint density at radius 3 is 2.41 bits per heavy atom. The topological polar surface area (TPSA) is 38.8 Å². The lowest BCUT2D eigenvalue weighted by atomic mass is 10.00. The minimum absolute atomic E-state index is 0.165. The summed E-state index contributed by atoms with van der Waals surface area (Å²) in [5, 5.41) is 0. The third-order valence-electron chi connectivity index (χ3n) is 4.27. The molecule has 0 saturated carbocycles. The van der Waals surface area contributed by atoms with E-state index in [-0.39, 0.29) is 11.7 Å². The van der Waals surface area contributed by atoms with E-state index >= 15 is 0 Å². The van der Waals surface area contributed by atoms with Crippen LogP contribution in [0.1, 0.15) is 79.6 Å². The molecule has 1 aliphatic rings. The molecule has 22 heavy (non-hydrogen) atoms. The Hall–Kier alpha value is -0.770. The van der Waals surface area contributed by atoms with Gasteiger partial charge in [0.15, 0.2) is 0 Å². The van der Waals surface area contributed by atoms with E-state index in [9.17, 15) is 4.79 Å². The minimum Gasteiger partial charge on any atom is -0.444 e. The molecule has 1 saturated heterocycles. The van der Waals surface area contributed by atoms with Crippen LogP contribution in [0, 0.1) is 0 Å². The zero-order valence-corrected chi connectivity index (χ0v) is 15.2. The molecular weight excluding hydrogens is 278 g/mol. The molecule has 0 radical (unpaired) electrons. The van der Waals surface area contributed by atoms with Crippen molar-refractivity contribution in [1.82, 2.24) is 4.90 Å². The first-order valence-electron chi connectivity index (χ1n) is 8.94. The summed E-state index contributed by atoms with van der Waals surface area (Å²) in [6, 6.07) is 0. The minimum atomic E-state index is -0.436. The Kier molecular flexibility index (Phi) is 7.67. The summed E-state index contributed by atoms with van der Waals surface area (Å²) in [4.78, 5) is 14.0. The van der Waals surface area contributed by atoms with E-state index in [1.807, 2.05) is 20.8 Å². The van der Waals surface area contributed by atoms with Crippen molar-refractivity contribution >= 4 is 6.09 Å². The van der Waals surface area contributed by atoms with Crippen molar-refractivity contribution < 1.29 is 14.3 Å². The van der Waals surface area contributed by atoms with Crippen LogP contribution in [0.15, 0.2) is 0 Å². The number of hydrogen-bond donors (Lipinski definition) is 0. The molecule has 0 aromatic rings. The summed E-state index contributed by atoms with van der Waals surface area (Å²) < 4.78 is 11.6. The summed E-state index contributed by atoms with van der Waals surface area (Å²) in [6.45, 7) is 12.3. The number of nitrogens with zero attached hydrogens (tertiary/aromatic N) is 1. The maximum Gasteiger partial charge on any atom is 0.410 e. The molecule has 0 aliphatic carbocycles. The highest BCUT2D eigenvalue weighted by atomic mass is 16.6. The van der Waals surface area contributed by atoms with Crippen molar-refractivity contribution in [2.24, 2.45) is 0 Å². The lowest BCUT2D eigenvalue weighted by Crippen LogP contribution is -2.40. The van der Waals surface area contributed by atoms with Crippen LogP contribution in [0.5, 0.6) is 0 Å². The number of carbonyl (C=O) groups excluding carboxylic acids is 1. The van der Waals surface area contributed by atoms with E-state index in [1.165, 1.54) is 25.7 Å². The first-order valence-corrected chi connectivity index (χ1v) is 8.94. The average molecular weight is 313 g/mol.